The first-order chi connectivity index (χ1) is 12.4. The maximum atomic E-state index is 12.9. The molecule has 3 rings (SSSR count). The molecule has 1 aliphatic heterocycles. The first kappa shape index (κ1) is 19.1. The van der Waals surface area contributed by atoms with Gasteiger partial charge >= 0.3 is 0 Å². The Hall–Kier alpha value is -1.66. The molecule has 5 nitrogen and oxygen atoms in total. The van der Waals surface area contributed by atoms with E-state index in [9.17, 15) is 4.79 Å². The Morgan fingerprint density at radius 1 is 1.27 bits per heavy atom. The lowest BCUT2D eigenvalue weighted by molar-refractivity contribution is -0.136. The summed E-state index contributed by atoms with van der Waals surface area (Å²) in [5.41, 5.74) is 5.79. The number of methoxy groups -OCH3 is 1. The number of pyridine rings is 1. The average Bonchev–Trinajstić information content (AvgIpc) is 2.84. The summed E-state index contributed by atoms with van der Waals surface area (Å²) in [6, 6.07) is 7.97. The van der Waals surface area contributed by atoms with Gasteiger partial charge in [-0.15, -0.1) is 0 Å². The third kappa shape index (κ3) is 3.32. The molecule has 0 radical (unpaired) electrons. The first-order valence-electron chi connectivity index (χ1n) is 8.98. The quantitative estimate of drug-likeness (QED) is 0.564. The summed E-state index contributed by atoms with van der Waals surface area (Å²) >= 11 is 3.45. The van der Waals surface area contributed by atoms with Gasteiger partial charge in [-0.05, 0) is 51.3 Å². The van der Waals surface area contributed by atoms with Crippen LogP contribution in [0.4, 0.5) is 0 Å². The number of benzene rings is 1. The number of carbonyl (C=O) groups excluding carboxylic acids is 1. The summed E-state index contributed by atoms with van der Waals surface area (Å²) in [6.45, 7) is 6.71. The van der Waals surface area contributed by atoms with Gasteiger partial charge in [-0.1, -0.05) is 28.1 Å². The maximum Gasteiger partial charge on any atom is 0.244 e. The summed E-state index contributed by atoms with van der Waals surface area (Å²) in [5, 5.41) is 3.76. The SMILES string of the molecule is COc1ccc(C2NN(CCCCBr)C(=O)C2(C)C)c2ccc(C)nc12. The number of hydrogen-bond donors (Lipinski definition) is 1. The minimum Gasteiger partial charge on any atom is -0.494 e. The van der Waals surface area contributed by atoms with Crippen molar-refractivity contribution in [3.63, 3.8) is 0 Å². The molecule has 6 heteroatoms. The minimum atomic E-state index is -0.527. The second kappa shape index (κ2) is 7.53. The Morgan fingerprint density at radius 3 is 2.73 bits per heavy atom. The van der Waals surface area contributed by atoms with Crippen LogP contribution in [0.25, 0.3) is 10.9 Å². The molecule has 0 aliphatic carbocycles. The molecule has 1 aromatic heterocycles. The van der Waals surface area contributed by atoms with Gasteiger partial charge in [0.25, 0.3) is 0 Å². The molecular formula is C20H26BrN3O2. The molecule has 2 heterocycles. The van der Waals surface area contributed by atoms with E-state index in [0.717, 1.165) is 52.6 Å². The van der Waals surface area contributed by atoms with Crippen LogP contribution in [0, 0.1) is 12.3 Å². The number of ether oxygens (including phenoxy) is 1. The smallest absolute Gasteiger partial charge is 0.244 e. The topological polar surface area (TPSA) is 54.5 Å². The van der Waals surface area contributed by atoms with Crippen LogP contribution in [-0.4, -0.2) is 34.9 Å². The van der Waals surface area contributed by atoms with Crippen LogP contribution in [0.2, 0.25) is 0 Å². The number of fused-ring (bicyclic) bond motifs is 1. The Morgan fingerprint density at radius 2 is 2.04 bits per heavy atom. The van der Waals surface area contributed by atoms with Crippen LogP contribution < -0.4 is 10.2 Å². The van der Waals surface area contributed by atoms with Gasteiger partial charge in [0.1, 0.15) is 11.3 Å². The van der Waals surface area contributed by atoms with Crippen LogP contribution >= 0.6 is 15.9 Å². The lowest BCUT2D eigenvalue weighted by Crippen LogP contribution is -2.36. The highest BCUT2D eigenvalue weighted by atomic mass is 79.9. The lowest BCUT2D eigenvalue weighted by Gasteiger charge is -2.24. The van der Waals surface area contributed by atoms with E-state index in [2.05, 4.69) is 32.4 Å². The number of aromatic nitrogens is 1. The van der Waals surface area contributed by atoms with Crippen LogP contribution in [-0.2, 0) is 4.79 Å². The second-order valence-corrected chi connectivity index (χ2v) is 8.14. The summed E-state index contributed by atoms with van der Waals surface area (Å²) in [4.78, 5) is 17.6. The van der Waals surface area contributed by atoms with Gasteiger partial charge in [-0.2, -0.15) is 0 Å². The van der Waals surface area contributed by atoms with E-state index in [1.165, 1.54) is 0 Å². The molecule has 1 saturated heterocycles. The van der Waals surface area contributed by atoms with Crippen molar-refractivity contribution >= 4 is 32.7 Å². The normalized spacial score (nSPS) is 19.3. The summed E-state index contributed by atoms with van der Waals surface area (Å²) in [6.07, 6.45) is 2.02. The van der Waals surface area contributed by atoms with Gasteiger partial charge < -0.3 is 4.74 Å². The van der Waals surface area contributed by atoms with Crippen molar-refractivity contribution in [3.05, 3.63) is 35.5 Å². The highest BCUT2D eigenvalue weighted by Crippen LogP contribution is 2.43. The van der Waals surface area contributed by atoms with Crippen LogP contribution in [0.3, 0.4) is 0 Å². The molecule has 1 aromatic carbocycles. The van der Waals surface area contributed by atoms with Crippen molar-refractivity contribution in [1.82, 2.24) is 15.4 Å². The lowest BCUT2D eigenvalue weighted by atomic mass is 9.80. The van der Waals surface area contributed by atoms with E-state index in [-0.39, 0.29) is 11.9 Å². The predicted octanol–water partition coefficient (Wildman–Crippen LogP) is 4.14. The molecule has 1 amide bonds. The van der Waals surface area contributed by atoms with E-state index >= 15 is 0 Å². The number of aryl methyl sites for hydroxylation is 1. The third-order valence-electron chi connectivity index (χ3n) is 5.09. The summed E-state index contributed by atoms with van der Waals surface area (Å²) < 4.78 is 5.50. The molecule has 1 fully saturated rings. The van der Waals surface area contributed by atoms with Crippen LogP contribution in [0.15, 0.2) is 24.3 Å². The second-order valence-electron chi connectivity index (χ2n) is 7.34. The third-order valence-corrected chi connectivity index (χ3v) is 5.65. The van der Waals surface area contributed by atoms with Crippen molar-refractivity contribution in [2.45, 2.75) is 39.7 Å². The van der Waals surface area contributed by atoms with Crippen molar-refractivity contribution in [1.29, 1.82) is 0 Å². The van der Waals surface area contributed by atoms with E-state index in [1.807, 2.05) is 39.0 Å². The van der Waals surface area contributed by atoms with Crippen LogP contribution in [0.5, 0.6) is 5.75 Å². The van der Waals surface area contributed by atoms with Crippen molar-refractivity contribution in [2.75, 3.05) is 19.0 Å². The molecule has 1 unspecified atom stereocenters. The number of unbranched alkanes of at least 4 members (excludes halogenated alkanes) is 1. The molecule has 1 atom stereocenters. The fraction of sp³-hybridized carbons (Fsp3) is 0.500. The number of alkyl halides is 1. The summed E-state index contributed by atoms with van der Waals surface area (Å²) in [7, 11) is 1.66. The zero-order chi connectivity index (χ0) is 18.9. The Bertz CT molecular complexity index is 822. The van der Waals surface area contributed by atoms with E-state index in [4.69, 9.17) is 4.74 Å². The predicted molar refractivity (Wildman–Crippen MR) is 107 cm³/mol. The number of nitrogens with zero attached hydrogens (tertiary/aromatic N) is 2. The van der Waals surface area contributed by atoms with Crippen molar-refractivity contribution < 1.29 is 9.53 Å². The van der Waals surface area contributed by atoms with Crippen molar-refractivity contribution in [3.8, 4) is 5.75 Å². The van der Waals surface area contributed by atoms with Gasteiger partial charge in [-0.25, -0.2) is 10.4 Å². The largest absolute Gasteiger partial charge is 0.494 e. The number of rotatable bonds is 6. The number of hydrogen-bond acceptors (Lipinski definition) is 4. The Labute approximate surface area is 163 Å². The van der Waals surface area contributed by atoms with Gasteiger partial charge in [-0.3, -0.25) is 9.80 Å². The number of hydrazine groups is 1. The van der Waals surface area contributed by atoms with Crippen molar-refractivity contribution in [2.24, 2.45) is 5.41 Å². The molecular weight excluding hydrogens is 394 g/mol. The molecule has 26 heavy (non-hydrogen) atoms. The van der Waals surface area contributed by atoms with Gasteiger partial charge in [0.05, 0.1) is 18.6 Å². The highest BCUT2D eigenvalue weighted by molar-refractivity contribution is 9.09. The summed E-state index contributed by atoms with van der Waals surface area (Å²) in [5.74, 6) is 0.893. The molecule has 1 N–H and O–H groups in total. The maximum absolute atomic E-state index is 12.9. The fourth-order valence-electron chi connectivity index (χ4n) is 3.56. The van der Waals surface area contributed by atoms with Gasteiger partial charge in [0.2, 0.25) is 5.91 Å². The van der Waals surface area contributed by atoms with E-state index < -0.39 is 5.41 Å². The molecule has 2 aromatic rings. The molecule has 0 saturated carbocycles. The first-order valence-corrected chi connectivity index (χ1v) is 10.1. The molecule has 0 spiro atoms. The van der Waals surface area contributed by atoms with E-state index in [1.54, 1.807) is 12.1 Å². The zero-order valence-electron chi connectivity index (χ0n) is 15.8. The Kier molecular flexibility index (Phi) is 5.53. The number of carbonyl (C=O) groups is 1. The Balaban J connectivity index is 2.01. The standard InChI is InChI=1S/C20H26BrN3O2/c1-13-7-8-14-15(9-10-16(26-4)17(14)22-13)18-20(2,3)19(25)24(23-18)12-6-5-11-21/h7-10,18,23H,5-6,11-12H2,1-4H3. The molecule has 140 valence electrons. The number of nitrogens with one attached hydrogen (secondary N) is 1. The van der Waals surface area contributed by atoms with Crippen LogP contribution in [0.1, 0.15) is 44.0 Å². The highest BCUT2D eigenvalue weighted by Gasteiger charge is 2.48. The van der Waals surface area contributed by atoms with Gasteiger partial charge in [0.15, 0.2) is 0 Å². The minimum absolute atomic E-state index is 0.100. The average molecular weight is 420 g/mol. The molecule has 1 aliphatic rings. The fourth-order valence-corrected chi connectivity index (χ4v) is 3.96. The zero-order valence-corrected chi connectivity index (χ0v) is 17.4. The molecule has 0 bridgehead atoms. The number of halogens is 1. The number of amides is 1. The monoisotopic (exact) mass is 419 g/mol. The van der Waals surface area contributed by atoms with Gasteiger partial charge in [0, 0.05) is 23.0 Å². The van der Waals surface area contributed by atoms with E-state index in [0.29, 0.717) is 0 Å².